The van der Waals surface area contributed by atoms with Gasteiger partial charge >= 0.3 is 0 Å². The van der Waals surface area contributed by atoms with Crippen molar-refractivity contribution >= 4 is 29.1 Å². The zero-order valence-corrected chi connectivity index (χ0v) is 15.6. The molecule has 1 unspecified atom stereocenters. The molecule has 2 atom stereocenters. The van der Waals surface area contributed by atoms with E-state index in [1.165, 1.54) is 0 Å². The van der Waals surface area contributed by atoms with E-state index in [1.54, 1.807) is 36.4 Å². The Bertz CT molecular complexity index is 872. The number of nitrogens with one attached hydrogen (secondary N) is 1. The number of rotatable bonds is 2. The molecule has 1 fully saturated rings. The van der Waals surface area contributed by atoms with Crippen LogP contribution in [0.4, 0.5) is 0 Å². The van der Waals surface area contributed by atoms with E-state index in [0.717, 1.165) is 18.4 Å². The Morgan fingerprint density at radius 1 is 1.15 bits per heavy atom. The first kappa shape index (κ1) is 18.8. The fourth-order valence-corrected chi connectivity index (χ4v) is 3.52. The number of carbonyl (C=O) groups is 1. The van der Waals surface area contributed by atoms with E-state index in [0.29, 0.717) is 28.5 Å². The van der Waals surface area contributed by atoms with Crippen LogP contribution < -0.4 is 5.32 Å². The lowest BCUT2D eigenvalue weighted by Crippen LogP contribution is -2.45. The molecule has 0 heterocycles. The summed E-state index contributed by atoms with van der Waals surface area (Å²) in [6.45, 7) is 0. The maximum atomic E-state index is 12.4. The SMILES string of the molecule is O=C(N[C@H]1CCCC(O)(C#Cc2cccc(Cl)c2)C1)c1cccc(Cl)c1. The molecule has 3 rings (SSSR count). The molecule has 134 valence electrons. The number of hydrogen-bond acceptors (Lipinski definition) is 2. The summed E-state index contributed by atoms with van der Waals surface area (Å²) in [5.74, 6) is 5.77. The van der Waals surface area contributed by atoms with Gasteiger partial charge in [-0.05, 0) is 55.7 Å². The van der Waals surface area contributed by atoms with Crippen molar-refractivity contribution in [2.24, 2.45) is 0 Å². The second kappa shape index (κ2) is 8.14. The average molecular weight is 388 g/mol. The molecular formula is C21H19Cl2NO2. The number of hydrogen-bond donors (Lipinski definition) is 2. The summed E-state index contributed by atoms with van der Waals surface area (Å²) >= 11 is 11.9. The third-order valence-electron chi connectivity index (χ3n) is 4.41. The molecule has 1 aliphatic rings. The van der Waals surface area contributed by atoms with Gasteiger partial charge in [0.05, 0.1) is 0 Å². The first-order chi connectivity index (χ1) is 12.4. The van der Waals surface area contributed by atoms with Crippen LogP contribution in [0, 0.1) is 11.8 Å². The Morgan fingerprint density at radius 3 is 2.62 bits per heavy atom. The summed E-state index contributed by atoms with van der Waals surface area (Å²) in [5, 5.41) is 14.9. The molecule has 5 heteroatoms. The first-order valence-electron chi connectivity index (χ1n) is 8.51. The zero-order chi connectivity index (χ0) is 18.6. The van der Waals surface area contributed by atoms with Gasteiger partial charge in [-0.1, -0.05) is 47.2 Å². The van der Waals surface area contributed by atoms with Crippen LogP contribution in [0.2, 0.25) is 10.0 Å². The maximum absolute atomic E-state index is 12.4. The van der Waals surface area contributed by atoms with E-state index < -0.39 is 5.60 Å². The number of halogens is 2. The second-order valence-corrected chi connectivity index (χ2v) is 7.44. The van der Waals surface area contributed by atoms with Crippen LogP contribution in [-0.4, -0.2) is 22.7 Å². The normalized spacial score (nSPS) is 22.2. The smallest absolute Gasteiger partial charge is 0.251 e. The zero-order valence-electron chi connectivity index (χ0n) is 14.1. The fraction of sp³-hybridized carbons (Fsp3) is 0.286. The second-order valence-electron chi connectivity index (χ2n) is 6.57. The van der Waals surface area contributed by atoms with Crippen LogP contribution in [0.3, 0.4) is 0 Å². The molecule has 0 saturated heterocycles. The van der Waals surface area contributed by atoms with E-state index in [2.05, 4.69) is 17.2 Å². The van der Waals surface area contributed by atoms with Gasteiger partial charge in [0.25, 0.3) is 5.91 Å². The Morgan fingerprint density at radius 2 is 1.88 bits per heavy atom. The van der Waals surface area contributed by atoms with Crippen molar-refractivity contribution < 1.29 is 9.90 Å². The van der Waals surface area contributed by atoms with Crippen LogP contribution in [0.15, 0.2) is 48.5 Å². The van der Waals surface area contributed by atoms with Gasteiger partial charge in [0.2, 0.25) is 0 Å². The lowest BCUT2D eigenvalue weighted by Gasteiger charge is -2.33. The summed E-state index contributed by atoms with van der Waals surface area (Å²) in [4.78, 5) is 12.4. The Balaban J connectivity index is 1.68. The van der Waals surface area contributed by atoms with E-state index in [4.69, 9.17) is 23.2 Å². The van der Waals surface area contributed by atoms with E-state index in [1.807, 2.05) is 12.1 Å². The van der Waals surface area contributed by atoms with Crippen LogP contribution in [0.25, 0.3) is 0 Å². The number of benzene rings is 2. The molecule has 0 spiro atoms. The summed E-state index contributed by atoms with van der Waals surface area (Å²) in [6, 6.07) is 13.9. The molecule has 2 aromatic rings. The summed E-state index contributed by atoms with van der Waals surface area (Å²) in [7, 11) is 0. The molecule has 26 heavy (non-hydrogen) atoms. The van der Waals surface area contributed by atoms with Crippen LogP contribution in [0.5, 0.6) is 0 Å². The minimum absolute atomic E-state index is 0.131. The highest BCUT2D eigenvalue weighted by Crippen LogP contribution is 2.28. The Labute approximate surface area is 163 Å². The third-order valence-corrected chi connectivity index (χ3v) is 4.88. The minimum Gasteiger partial charge on any atom is -0.378 e. The van der Waals surface area contributed by atoms with Gasteiger partial charge in [-0.15, -0.1) is 0 Å². The van der Waals surface area contributed by atoms with Crippen LogP contribution >= 0.6 is 23.2 Å². The molecule has 1 saturated carbocycles. The predicted octanol–water partition coefficient (Wildman–Crippen LogP) is 4.45. The van der Waals surface area contributed by atoms with Crippen molar-refractivity contribution in [3.05, 3.63) is 69.7 Å². The van der Waals surface area contributed by atoms with Crippen molar-refractivity contribution in [1.82, 2.24) is 5.32 Å². The standard InChI is InChI=1S/C21H19Cl2NO2/c22-17-6-1-4-15(12-17)9-11-21(26)10-3-8-19(14-21)24-20(25)16-5-2-7-18(23)13-16/h1-2,4-7,12-13,19,26H,3,8,10,14H2,(H,24,25)/t19-,21?/m0/s1. The molecule has 1 amide bonds. The molecule has 0 aliphatic heterocycles. The predicted molar refractivity (Wildman–Crippen MR) is 104 cm³/mol. The quantitative estimate of drug-likeness (QED) is 0.747. The largest absolute Gasteiger partial charge is 0.378 e. The fourth-order valence-electron chi connectivity index (χ4n) is 3.14. The van der Waals surface area contributed by atoms with Gasteiger partial charge in [0.1, 0.15) is 5.60 Å². The lowest BCUT2D eigenvalue weighted by atomic mass is 9.82. The number of amides is 1. The van der Waals surface area contributed by atoms with Crippen LogP contribution in [0.1, 0.15) is 41.6 Å². The Kier molecular flexibility index (Phi) is 5.88. The summed E-state index contributed by atoms with van der Waals surface area (Å²) in [6.07, 6.45) is 2.59. The molecule has 3 nitrogen and oxygen atoms in total. The Hall–Kier alpha value is -1.99. The van der Waals surface area contributed by atoms with Crippen molar-refractivity contribution in [2.45, 2.75) is 37.3 Å². The summed E-state index contributed by atoms with van der Waals surface area (Å²) < 4.78 is 0. The van der Waals surface area contributed by atoms with Gasteiger partial charge in [-0.3, -0.25) is 4.79 Å². The highest BCUT2D eigenvalue weighted by atomic mass is 35.5. The van der Waals surface area contributed by atoms with Crippen molar-refractivity contribution in [3.8, 4) is 11.8 Å². The van der Waals surface area contributed by atoms with Crippen molar-refractivity contribution in [2.75, 3.05) is 0 Å². The molecule has 2 N–H and O–H groups in total. The lowest BCUT2D eigenvalue weighted by molar-refractivity contribution is 0.0452. The molecule has 2 aromatic carbocycles. The van der Waals surface area contributed by atoms with E-state index >= 15 is 0 Å². The van der Waals surface area contributed by atoms with Gasteiger partial charge < -0.3 is 10.4 Å². The minimum atomic E-state index is -1.12. The number of aliphatic hydroxyl groups is 1. The van der Waals surface area contributed by atoms with Crippen LogP contribution in [-0.2, 0) is 0 Å². The monoisotopic (exact) mass is 387 g/mol. The average Bonchev–Trinajstić information content (AvgIpc) is 2.60. The maximum Gasteiger partial charge on any atom is 0.251 e. The van der Waals surface area contributed by atoms with Gasteiger partial charge in [-0.2, -0.15) is 0 Å². The molecule has 0 radical (unpaired) electrons. The van der Waals surface area contributed by atoms with Gasteiger partial charge in [0, 0.05) is 33.6 Å². The summed E-state index contributed by atoms with van der Waals surface area (Å²) in [5.41, 5.74) is 0.153. The van der Waals surface area contributed by atoms with Crippen molar-refractivity contribution in [3.63, 3.8) is 0 Å². The van der Waals surface area contributed by atoms with E-state index in [-0.39, 0.29) is 11.9 Å². The van der Waals surface area contributed by atoms with Gasteiger partial charge in [-0.25, -0.2) is 0 Å². The third kappa shape index (κ3) is 5.02. The van der Waals surface area contributed by atoms with Gasteiger partial charge in [0.15, 0.2) is 0 Å². The molecule has 0 bridgehead atoms. The first-order valence-corrected chi connectivity index (χ1v) is 9.27. The topological polar surface area (TPSA) is 49.3 Å². The molecular weight excluding hydrogens is 369 g/mol. The van der Waals surface area contributed by atoms with E-state index in [9.17, 15) is 9.90 Å². The highest BCUT2D eigenvalue weighted by Gasteiger charge is 2.33. The highest BCUT2D eigenvalue weighted by molar-refractivity contribution is 6.31. The molecule has 0 aromatic heterocycles. The van der Waals surface area contributed by atoms with Crippen molar-refractivity contribution in [1.29, 1.82) is 0 Å². The number of carbonyl (C=O) groups excluding carboxylic acids is 1. The molecule has 1 aliphatic carbocycles.